The molecule has 5 nitrogen and oxygen atoms in total. The molecule has 31 heavy (non-hydrogen) atoms. The first-order valence-electron chi connectivity index (χ1n) is 11.5. The molecular formula is C26H31N3O2. The van der Waals surface area contributed by atoms with Crippen LogP contribution in [-0.2, 0) is 6.42 Å². The standard InChI is InChI=1S/C26H31N3O2/c1-27(2)25(30)19-8-6-18(7-9-19)20-10-11-24-21(16-20)12-15-29(26(24)31)23-13-14-28(17-23)22-4-3-5-22/h6-11,16,22-23H,3-5,12-15,17H2,1-2H3/t23-/m0/s1. The molecule has 0 radical (unpaired) electrons. The lowest BCUT2D eigenvalue weighted by Crippen LogP contribution is -2.47. The Morgan fingerprint density at radius 3 is 2.35 bits per heavy atom. The van der Waals surface area contributed by atoms with Crippen LogP contribution < -0.4 is 0 Å². The molecule has 3 aliphatic rings. The lowest BCUT2D eigenvalue weighted by atomic mass is 9.92. The Bertz CT molecular complexity index is 994. The van der Waals surface area contributed by atoms with E-state index in [2.05, 4.69) is 15.9 Å². The van der Waals surface area contributed by atoms with Crippen molar-refractivity contribution in [1.29, 1.82) is 0 Å². The fourth-order valence-electron chi connectivity index (χ4n) is 5.20. The molecular weight excluding hydrogens is 386 g/mol. The third kappa shape index (κ3) is 3.76. The highest BCUT2D eigenvalue weighted by molar-refractivity contribution is 5.98. The highest BCUT2D eigenvalue weighted by Gasteiger charge is 2.37. The second-order valence-corrected chi connectivity index (χ2v) is 9.42. The highest BCUT2D eigenvalue weighted by atomic mass is 16.2. The number of hydrogen-bond donors (Lipinski definition) is 0. The number of fused-ring (bicyclic) bond motifs is 1. The number of hydrogen-bond acceptors (Lipinski definition) is 3. The minimum Gasteiger partial charge on any atom is -0.345 e. The van der Waals surface area contributed by atoms with Gasteiger partial charge in [0.05, 0.1) is 0 Å². The van der Waals surface area contributed by atoms with Crippen molar-refractivity contribution in [2.75, 3.05) is 33.7 Å². The van der Waals surface area contributed by atoms with Gasteiger partial charge < -0.3 is 9.80 Å². The van der Waals surface area contributed by atoms with E-state index >= 15 is 0 Å². The fourth-order valence-corrected chi connectivity index (χ4v) is 5.20. The molecule has 1 saturated carbocycles. The van der Waals surface area contributed by atoms with Crippen LogP contribution >= 0.6 is 0 Å². The predicted octanol–water partition coefficient (Wildman–Crippen LogP) is 3.68. The first-order chi connectivity index (χ1) is 15.0. The van der Waals surface area contributed by atoms with Crippen molar-refractivity contribution in [3.8, 4) is 11.1 Å². The van der Waals surface area contributed by atoms with Gasteiger partial charge in [0.25, 0.3) is 11.8 Å². The van der Waals surface area contributed by atoms with E-state index < -0.39 is 0 Å². The number of likely N-dealkylation sites (tertiary alicyclic amines) is 1. The lowest BCUT2D eigenvalue weighted by Gasteiger charge is -2.37. The number of amides is 2. The molecule has 5 rings (SSSR count). The minimum absolute atomic E-state index is 0.00506. The maximum absolute atomic E-state index is 13.3. The molecule has 2 aliphatic heterocycles. The average molecular weight is 418 g/mol. The van der Waals surface area contributed by atoms with Gasteiger partial charge in [-0.3, -0.25) is 14.5 Å². The Kier molecular flexibility index (Phi) is 5.30. The maximum atomic E-state index is 13.3. The average Bonchev–Trinajstić information content (AvgIpc) is 3.21. The molecule has 0 unspecified atom stereocenters. The fraction of sp³-hybridized carbons (Fsp3) is 0.462. The Morgan fingerprint density at radius 1 is 0.935 bits per heavy atom. The van der Waals surface area contributed by atoms with E-state index in [-0.39, 0.29) is 11.8 Å². The lowest BCUT2D eigenvalue weighted by molar-refractivity contribution is 0.0646. The Labute approximate surface area is 184 Å². The van der Waals surface area contributed by atoms with Crippen molar-refractivity contribution >= 4 is 11.8 Å². The van der Waals surface area contributed by atoms with Crippen LogP contribution in [0.15, 0.2) is 42.5 Å². The predicted molar refractivity (Wildman–Crippen MR) is 122 cm³/mol. The van der Waals surface area contributed by atoms with Gasteiger partial charge in [-0.15, -0.1) is 0 Å². The summed E-state index contributed by atoms with van der Waals surface area (Å²) in [4.78, 5) is 31.7. The summed E-state index contributed by atoms with van der Waals surface area (Å²) in [6, 6.07) is 15.0. The number of benzene rings is 2. The van der Waals surface area contributed by atoms with Crippen molar-refractivity contribution in [1.82, 2.24) is 14.7 Å². The first-order valence-corrected chi connectivity index (χ1v) is 11.5. The van der Waals surface area contributed by atoms with Crippen molar-refractivity contribution in [3.05, 3.63) is 59.2 Å². The second kappa shape index (κ2) is 8.12. The first kappa shape index (κ1) is 20.3. The van der Waals surface area contributed by atoms with Gasteiger partial charge in [0, 0.05) is 56.9 Å². The topological polar surface area (TPSA) is 43.9 Å². The smallest absolute Gasteiger partial charge is 0.254 e. The van der Waals surface area contributed by atoms with E-state index in [9.17, 15) is 9.59 Å². The van der Waals surface area contributed by atoms with Gasteiger partial charge >= 0.3 is 0 Å². The number of nitrogens with zero attached hydrogens (tertiary/aromatic N) is 3. The molecule has 1 atom stereocenters. The summed E-state index contributed by atoms with van der Waals surface area (Å²) < 4.78 is 0. The molecule has 0 aromatic heterocycles. The van der Waals surface area contributed by atoms with Crippen LogP contribution in [0.2, 0.25) is 0 Å². The number of carbonyl (C=O) groups excluding carboxylic acids is 2. The normalized spacial score (nSPS) is 21.7. The SMILES string of the molecule is CN(C)C(=O)c1ccc(-c2ccc3c(c2)CCN([C@H]2CCN(C4CCC4)C2)C3=O)cc1. The summed E-state index contributed by atoms with van der Waals surface area (Å²) >= 11 is 0. The molecule has 162 valence electrons. The van der Waals surface area contributed by atoms with Crippen molar-refractivity contribution in [2.45, 2.75) is 44.2 Å². The number of rotatable bonds is 4. The van der Waals surface area contributed by atoms with E-state index in [0.717, 1.165) is 60.8 Å². The van der Waals surface area contributed by atoms with Gasteiger partial charge in [0.1, 0.15) is 0 Å². The van der Waals surface area contributed by atoms with Gasteiger partial charge in [-0.05, 0) is 60.6 Å². The van der Waals surface area contributed by atoms with E-state index in [1.807, 2.05) is 36.4 Å². The molecule has 2 aromatic carbocycles. The molecule has 2 fully saturated rings. The molecule has 0 bridgehead atoms. The molecule has 0 spiro atoms. The molecule has 0 N–H and O–H groups in total. The van der Waals surface area contributed by atoms with Crippen LogP contribution in [0.4, 0.5) is 0 Å². The Balaban J connectivity index is 1.31. The van der Waals surface area contributed by atoms with Gasteiger partial charge in [-0.2, -0.15) is 0 Å². The van der Waals surface area contributed by atoms with Crippen LogP contribution in [-0.4, -0.2) is 72.3 Å². The Hall–Kier alpha value is -2.66. The van der Waals surface area contributed by atoms with Gasteiger partial charge in [-0.25, -0.2) is 0 Å². The van der Waals surface area contributed by atoms with Crippen molar-refractivity contribution in [3.63, 3.8) is 0 Å². The van der Waals surface area contributed by atoms with Gasteiger partial charge in [0.2, 0.25) is 0 Å². The molecule has 2 heterocycles. The summed E-state index contributed by atoms with van der Waals surface area (Å²) in [6.07, 6.45) is 6.03. The third-order valence-electron chi connectivity index (χ3n) is 7.32. The zero-order chi connectivity index (χ0) is 21.5. The van der Waals surface area contributed by atoms with Crippen LogP contribution in [0.1, 0.15) is 52.0 Å². The quantitative estimate of drug-likeness (QED) is 0.762. The second-order valence-electron chi connectivity index (χ2n) is 9.42. The monoisotopic (exact) mass is 417 g/mol. The summed E-state index contributed by atoms with van der Waals surface area (Å²) in [5.41, 5.74) is 4.85. The van der Waals surface area contributed by atoms with Crippen LogP contribution in [0, 0.1) is 0 Å². The highest BCUT2D eigenvalue weighted by Crippen LogP contribution is 2.32. The van der Waals surface area contributed by atoms with Crippen LogP contribution in [0.3, 0.4) is 0 Å². The van der Waals surface area contributed by atoms with Crippen molar-refractivity contribution < 1.29 is 9.59 Å². The zero-order valence-electron chi connectivity index (χ0n) is 18.5. The van der Waals surface area contributed by atoms with E-state index in [1.54, 1.807) is 19.0 Å². The third-order valence-corrected chi connectivity index (χ3v) is 7.32. The van der Waals surface area contributed by atoms with E-state index in [0.29, 0.717) is 11.6 Å². The van der Waals surface area contributed by atoms with Crippen LogP contribution in [0.5, 0.6) is 0 Å². The molecule has 2 amide bonds. The van der Waals surface area contributed by atoms with Gasteiger partial charge in [-0.1, -0.05) is 30.7 Å². The van der Waals surface area contributed by atoms with Crippen LogP contribution in [0.25, 0.3) is 11.1 Å². The van der Waals surface area contributed by atoms with E-state index in [4.69, 9.17) is 0 Å². The maximum Gasteiger partial charge on any atom is 0.254 e. The summed E-state index contributed by atoms with van der Waals surface area (Å²) in [5, 5.41) is 0. The van der Waals surface area contributed by atoms with Gasteiger partial charge in [0.15, 0.2) is 0 Å². The molecule has 2 aromatic rings. The minimum atomic E-state index is 0.00506. The number of carbonyl (C=O) groups is 2. The van der Waals surface area contributed by atoms with E-state index in [1.165, 1.54) is 19.3 Å². The molecule has 1 saturated heterocycles. The summed E-state index contributed by atoms with van der Waals surface area (Å²) in [7, 11) is 3.52. The molecule has 5 heteroatoms. The largest absolute Gasteiger partial charge is 0.345 e. The summed E-state index contributed by atoms with van der Waals surface area (Å²) in [5.74, 6) is 0.200. The summed E-state index contributed by atoms with van der Waals surface area (Å²) in [6.45, 7) is 2.99. The zero-order valence-corrected chi connectivity index (χ0v) is 18.5. The Morgan fingerprint density at radius 2 is 1.68 bits per heavy atom. The van der Waals surface area contributed by atoms with Crippen molar-refractivity contribution in [2.24, 2.45) is 0 Å². The molecule has 1 aliphatic carbocycles.